The van der Waals surface area contributed by atoms with Crippen LogP contribution in [-0.4, -0.2) is 5.11 Å². The molecule has 0 saturated heterocycles. The molecule has 70 valence electrons. The largest absolute Gasteiger partial charge is 0.329 e. The van der Waals surface area contributed by atoms with Crippen LogP contribution >= 0.6 is 12.2 Å². The van der Waals surface area contributed by atoms with Gasteiger partial charge in [-0.05, 0) is 24.4 Å². The van der Waals surface area contributed by atoms with Gasteiger partial charge in [-0.1, -0.05) is 6.07 Å². The third-order valence-electron chi connectivity index (χ3n) is 1.33. The third kappa shape index (κ3) is 2.33. The zero-order chi connectivity index (χ0) is 9.84. The van der Waals surface area contributed by atoms with Gasteiger partial charge in [-0.2, -0.15) is 0 Å². The molecular formula is C7H7F2N3S. The molecule has 0 aromatic heterocycles. The quantitative estimate of drug-likeness (QED) is 0.364. The second kappa shape index (κ2) is 4.11. The summed E-state index contributed by atoms with van der Waals surface area (Å²) in [4.78, 5) is 0. The van der Waals surface area contributed by atoms with Crippen LogP contribution in [0.2, 0.25) is 0 Å². The maximum atomic E-state index is 12.9. The van der Waals surface area contributed by atoms with E-state index in [2.05, 4.69) is 23.0 Å². The highest BCUT2D eigenvalue weighted by molar-refractivity contribution is 7.80. The molecule has 0 spiro atoms. The number of benzene rings is 1. The monoisotopic (exact) mass is 203 g/mol. The summed E-state index contributed by atoms with van der Waals surface area (Å²) in [5.74, 6) is 3.01. The van der Waals surface area contributed by atoms with Gasteiger partial charge in [0, 0.05) is 0 Å². The minimum atomic E-state index is -0.986. The summed E-state index contributed by atoms with van der Waals surface area (Å²) in [7, 11) is 0. The molecule has 13 heavy (non-hydrogen) atoms. The summed E-state index contributed by atoms with van der Waals surface area (Å²) in [6.07, 6.45) is 0. The van der Waals surface area contributed by atoms with Gasteiger partial charge in [0.05, 0.1) is 5.69 Å². The zero-order valence-electron chi connectivity index (χ0n) is 6.47. The number of rotatable bonds is 1. The van der Waals surface area contributed by atoms with Crippen LogP contribution < -0.4 is 16.6 Å². The van der Waals surface area contributed by atoms with Gasteiger partial charge in [-0.15, -0.1) is 0 Å². The summed E-state index contributed by atoms with van der Waals surface area (Å²) in [6.45, 7) is 0. The third-order valence-corrected chi connectivity index (χ3v) is 1.55. The molecule has 3 nitrogen and oxygen atoms in total. The smallest absolute Gasteiger partial charge is 0.185 e. The van der Waals surface area contributed by atoms with Crippen molar-refractivity contribution in [2.45, 2.75) is 0 Å². The van der Waals surface area contributed by atoms with Crippen LogP contribution in [0.25, 0.3) is 0 Å². The summed E-state index contributed by atoms with van der Waals surface area (Å²) in [5.41, 5.74) is 2.04. The minimum Gasteiger partial charge on any atom is -0.329 e. The van der Waals surface area contributed by atoms with Crippen LogP contribution in [0.15, 0.2) is 18.2 Å². The average molecular weight is 203 g/mol. The minimum absolute atomic E-state index is 0.0181. The van der Waals surface area contributed by atoms with Crippen LogP contribution in [0.5, 0.6) is 0 Å². The van der Waals surface area contributed by atoms with Crippen molar-refractivity contribution < 1.29 is 8.78 Å². The van der Waals surface area contributed by atoms with Gasteiger partial charge in [0.25, 0.3) is 0 Å². The van der Waals surface area contributed by atoms with E-state index in [0.717, 1.165) is 6.07 Å². The molecule has 1 aromatic carbocycles. The van der Waals surface area contributed by atoms with E-state index in [9.17, 15) is 8.78 Å². The van der Waals surface area contributed by atoms with Crippen molar-refractivity contribution >= 4 is 23.0 Å². The number of nitrogens with one attached hydrogen (secondary N) is 2. The van der Waals surface area contributed by atoms with Crippen LogP contribution in [-0.2, 0) is 0 Å². The Hall–Kier alpha value is -1.27. The first-order valence-electron chi connectivity index (χ1n) is 3.36. The van der Waals surface area contributed by atoms with Gasteiger partial charge in [-0.25, -0.2) is 14.6 Å². The molecule has 0 aliphatic carbocycles. The van der Waals surface area contributed by atoms with E-state index < -0.39 is 11.6 Å². The Morgan fingerprint density at radius 2 is 2.08 bits per heavy atom. The standard InChI is InChI=1S/C7H7F2N3S/c8-4-2-1-3-5(6(4)9)11-7(13)12-10/h1-3H,10H2,(H2,11,12,13). The average Bonchev–Trinajstić information content (AvgIpc) is 2.13. The highest BCUT2D eigenvalue weighted by atomic mass is 32.1. The lowest BCUT2D eigenvalue weighted by Gasteiger charge is -2.07. The Morgan fingerprint density at radius 3 is 2.69 bits per heavy atom. The number of anilines is 1. The molecule has 4 N–H and O–H groups in total. The maximum Gasteiger partial charge on any atom is 0.185 e. The lowest BCUT2D eigenvalue weighted by molar-refractivity contribution is 0.512. The van der Waals surface area contributed by atoms with E-state index in [0.29, 0.717) is 0 Å². The van der Waals surface area contributed by atoms with Crippen LogP contribution in [0.3, 0.4) is 0 Å². The zero-order valence-corrected chi connectivity index (χ0v) is 7.29. The predicted octanol–water partition coefficient (Wildman–Crippen LogP) is 1.12. The first kappa shape index (κ1) is 9.82. The number of halogens is 2. The lowest BCUT2D eigenvalue weighted by atomic mass is 10.3. The van der Waals surface area contributed by atoms with Gasteiger partial charge in [0.15, 0.2) is 16.7 Å². The Kier molecular flexibility index (Phi) is 3.10. The van der Waals surface area contributed by atoms with Gasteiger partial charge in [0.1, 0.15) is 0 Å². The van der Waals surface area contributed by atoms with E-state index in [1.165, 1.54) is 12.1 Å². The highest BCUT2D eigenvalue weighted by Crippen LogP contribution is 2.15. The molecule has 0 aliphatic rings. The number of nitrogens with two attached hydrogens (primary N) is 1. The molecule has 0 bridgehead atoms. The summed E-state index contributed by atoms with van der Waals surface area (Å²) in [6, 6.07) is 3.72. The molecule has 0 amide bonds. The first-order chi connectivity index (χ1) is 6.15. The second-order valence-electron chi connectivity index (χ2n) is 2.20. The number of hydrogen-bond acceptors (Lipinski definition) is 2. The molecule has 0 radical (unpaired) electrons. The number of hydrogen-bond donors (Lipinski definition) is 3. The van der Waals surface area contributed by atoms with Crippen molar-refractivity contribution in [2.24, 2.45) is 5.84 Å². The maximum absolute atomic E-state index is 12.9. The van der Waals surface area contributed by atoms with Crippen molar-refractivity contribution in [1.29, 1.82) is 0 Å². The Labute approximate surface area is 78.9 Å². The summed E-state index contributed by atoms with van der Waals surface area (Å²) in [5, 5.41) is 2.40. The van der Waals surface area contributed by atoms with Crippen LogP contribution in [0.1, 0.15) is 0 Å². The number of thiocarbonyl (C=S) groups is 1. The first-order valence-corrected chi connectivity index (χ1v) is 3.77. The molecule has 0 aliphatic heterocycles. The molecular weight excluding hydrogens is 196 g/mol. The number of hydrazine groups is 1. The Balaban J connectivity index is 2.89. The van der Waals surface area contributed by atoms with E-state index in [1.807, 2.05) is 0 Å². The van der Waals surface area contributed by atoms with Crippen molar-refractivity contribution in [3.05, 3.63) is 29.8 Å². The van der Waals surface area contributed by atoms with E-state index in [-0.39, 0.29) is 10.8 Å². The Morgan fingerprint density at radius 1 is 1.38 bits per heavy atom. The van der Waals surface area contributed by atoms with E-state index in [4.69, 9.17) is 5.84 Å². The molecule has 0 saturated carbocycles. The van der Waals surface area contributed by atoms with Crippen molar-refractivity contribution in [1.82, 2.24) is 5.43 Å². The molecule has 6 heteroatoms. The molecule has 1 aromatic rings. The SMILES string of the molecule is NNC(=S)Nc1cccc(F)c1F. The molecule has 0 unspecified atom stereocenters. The molecule has 0 atom stereocenters. The van der Waals surface area contributed by atoms with Gasteiger partial charge < -0.3 is 10.7 Å². The van der Waals surface area contributed by atoms with Crippen molar-refractivity contribution in [2.75, 3.05) is 5.32 Å². The fourth-order valence-corrected chi connectivity index (χ4v) is 0.869. The molecule has 1 rings (SSSR count). The van der Waals surface area contributed by atoms with Crippen LogP contribution in [0, 0.1) is 11.6 Å². The summed E-state index contributed by atoms with van der Waals surface area (Å²) < 4.78 is 25.6. The highest BCUT2D eigenvalue weighted by Gasteiger charge is 2.07. The second-order valence-corrected chi connectivity index (χ2v) is 2.61. The lowest BCUT2D eigenvalue weighted by Crippen LogP contribution is -2.34. The van der Waals surface area contributed by atoms with E-state index >= 15 is 0 Å². The van der Waals surface area contributed by atoms with E-state index in [1.54, 1.807) is 0 Å². The fourth-order valence-electron chi connectivity index (χ4n) is 0.759. The van der Waals surface area contributed by atoms with Crippen LogP contribution in [0.4, 0.5) is 14.5 Å². The van der Waals surface area contributed by atoms with Gasteiger partial charge >= 0.3 is 0 Å². The van der Waals surface area contributed by atoms with Crippen molar-refractivity contribution in [3.63, 3.8) is 0 Å². The fraction of sp³-hybridized carbons (Fsp3) is 0. The molecule has 0 fully saturated rings. The predicted molar refractivity (Wildman–Crippen MR) is 49.9 cm³/mol. The molecule has 0 heterocycles. The van der Waals surface area contributed by atoms with Gasteiger partial charge in [-0.3, -0.25) is 0 Å². The van der Waals surface area contributed by atoms with Crippen molar-refractivity contribution in [3.8, 4) is 0 Å². The Bertz CT molecular complexity index is 330. The summed E-state index contributed by atoms with van der Waals surface area (Å²) >= 11 is 4.60. The normalized spacial score (nSPS) is 9.46. The van der Waals surface area contributed by atoms with Gasteiger partial charge in [0.2, 0.25) is 0 Å². The topological polar surface area (TPSA) is 50.1 Å².